The van der Waals surface area contributed by atoms with Crippen LogP contribution in [-0.4, -0.2) is 30.3 Å². The molecular weight excluding hydrogens is 259 g/mol. The van der Waals surface area contributed by atoms with Crippen LogP contribution in [0.4, 0.5) is 24.8 Å². The number of rotatable bonds is 1. The number of nitrogens with zero attached hydrogens (tertiary/aromatic N) is 2. The third-order valence-electron chi connectivity index (χ3n) is 2.90. The summed E-state index contributed by atoms with van der Waals surface area (Å²) in [4.78, 5) is 5.76. The molecule has 1 aromatic heterocycles. The Balaban J connectivity index is 2.31. The minimum absolute atomic E-state index is 0.0543. The number of nitrogens with two attached hydrogens (primary N) is 1. The van der Waals surface area contributed by atoms with Gasteiger partial charge in [-0.1, -0.05) is 0 Å². The molecule has 0 saturated carbocycles. The Morgan fingerprint density at radius 2 is 1.84 bits per heavy atom. The number of anilines is 2. The van der Waals surface area contributed by atoms with E-state index in [2.05, 4.69) is 4.98 Å². The van der Waals surface area contributed by atoms with Crippen molar-refractivity contribution in [2.45, 2.75) is 32.2 Å². The number of halogens is 3. The minimum atomic E-state index is -4.42. The molecular formula is C12H16F3N3O. The van der Waals surface area contributed by atoms with Gasteiger partial charge in [-0.25, -0.2) is 4.98 Å². The first-order valence-electron chi connectivity index (χ1n) is 6.01. The summed E-state index contributed by atoms with van der Waals surface area (Å²) in [5.41, 5.74) is 4.69. The molecule has 0 spiro atoms. The standard InChI is InChI=1S/C12H16F3N3O/c1-7-5-18(6-8(2)19-7)11-4-9(12(13,14)15)3-10(16)17-11/h3-4,7-8H,5-6H2,1-2H3,(H2,16,17)/t7-,8+. The van der Waals surface area contributed by atoms with Gasteiger partial charge in [0.05, 0.1) is 17.8 Å². The lowest BCUT2D eigenvalue weighted by Crippen LogP contribution is -2.46. The average molecular weight is 275 g/mol. The molecule has 7 heteroatoms. The normalized spacial score (nSPS) is 24.6. The summed E-state index contributed by atoms with van der Waals surface area (Å²) in [6, 6.07) is 1.87. The van der Waals surface area contributed by atoms with E-state index in [1.54, 1.807) is 4.90 Å². The van der Waals surface area contributed by atoms with Crippen molar-refractivity contribution < 1.29 is 17.9 Å². The van der Waals surface area contributed by atoms with Gasteiger partial charge >= 0.3 is 6.18 Å². The molecule has 0 aliphatic carbocycles. The van der Waals surface area contributed by atoms with Crippen molar-refractivity contribution >= 4 is 11.6 Å². The van der Waals surface area contributed by atoms with Crippen molar-refractivity contribution in [3.05, 3.63) is 17.7 Å². The molecule has 1 aromatic rings. The van der Waals surface area contributed by atoms with E-state index in [0.29, 0.717) is 13.1 Å². The van der Waals surface area contributed by atoms with Crippen LogP contribution in [-0.2, 0) is 10.9 Å². The maximum atomic E-state index is 12.7. The largest absolute Gasteiger partial charge is 0.416 e. The van der Waals surface area contributed by atoms with Gasteiger partial charge in [0.2, 0.25) is 0 Å². The zero-order valence-corrected chi connectivity index (χ0v) is 10.7. The predicted molar refractivity (Wildman–Crippen MR) is 65.9 cm³/mol. The van der Waals surface area contributed by atoms with Crippen LogP contribution in [0.3, 0.4) is 0 Å². The fourth-order valence-electron chi connectivity index (χ4n) is 2.23. The molecule has 2 rings (SSSR count). The Kier molecular flexibility index (Phi) is 3.58. The average Bonchev–Trinajstić information content (AvgIpc) is 2.25. The molecule has 1 aliphatic rings. The summed E-state index contributed by atoms with van der Waals surface area (Å²) < 4.78 is 43.8. The zero-order valence-electron chi connectivity index (χ0n) is 10.7. The quantitative estimate of drug-likeness (QED) is 0.854. The molecule has 0 amide bonds. The van der Waals surface area contributed by atoms with Gasteiger partial charge in [-0.2, -0.15) is 13.2 Å². The van der Waals surface area contributed by atoms with Crippen molar-refractivity contribution in [3.63, 3.8) is 0 Å². The van der Waals surface area contributed by atoms with Crippen LogP contribution in [0, 0.1) is 0 Å². The van der Waals surface area contributed by atoms with Gasteiger partial charge in [0.15, 0.2) is 0 Å². The van der Waals surface area contributed by atoms with Gasteiger partial charge in [0.1, 0.15) is 11.6 Å². The second-order valence-electron chi connectivity index (χ2n) is 4.80. The van der Waals surface area contributed by atoms with E-state index in [-0.39, 0.29) is 23.8 Å². The first-order valence-corrected chi connectivity index (χ1v) is 6.01. The summed E-state index contributed by atoms with van der Waals surface area (Å²) in [6.45, 7) is 4.75. The number of ether oxygens (including phenoxy) is 1. The zero-order chi connectivity index (χ0) is 14.2. The number of alkyl halides is 3. The van der Waals surface area contributed by atoms with Crippen molar-refractivity contribution in [2.24, 2.45) is 0 Å². The molecule has 0 bridgehead atoms. The van der Waals surface area contributed by atoms with E-state index >= 15 is 0 Å². The summed E-state index contributed by atoms with van der Waals surface area (Å²) >= 11 is 0. The second-order valence-corrected chi connectivity index (χ2v) is 4.80. The fraction of sp³-hybridized carbons (Fsp3) is 0.583. The molecule has 2 N–H and O–H groups in total. The molecule has 106 valence electrons. The Hall–Kier alpha value is -1.50. The molecule has 2 heterocycles. The predicted octanol–water partition coefficient (Wildman–Crippen LogP) is 2.30. The Morgan fingerprint density at radius 3 is 2.37 bits per heavy atom. The SMILES string of the molecule is C[C@@H]1CN(c2cc(C(F)(F)F)cc(N)n2)C[C@H](C)O1. The first kappa shape index (κ1) is 13.9. The molecule has 0 radical (unpaired) electrons. The maximum Gasteiger partial charge on any atom is 0.416 e. The summed E-state index contributed by atoms with van der Waals surface area (Å²) in [5, 5.41) is 0. The Bertz CT molecular complexity index is 454. The van der Waals surface area contributed by atoms with E-state index in [4.69, 9.17) is 10.5 Å². The number of pyridine rings is 1. The molecule has 1 fully saturated rings. The Morgan fingerprint density at radius 1 is 1.26 bits per heavy atom. The van der Waals surface area contributed by atoms with E-state index in [1.807, 2.05) is 13.8 Å². The monoisotopic (exact) mass is 275 g/mol. The number of nitrogen functional groups attached to an aromatic ring is 1. The van der Waals surface area contributed by atoms with Crippen LogP contribution in [0.1, 0.15) is 19.4 Å². The van der Waals surface area contributed by atoms with Crippen LogP contribution in [0.2, 0.25) is 0 Å². The van der Waals surface area contributed by atoms with Gasteiger partial charge in [0.25, 0.3) is 0 Å². The van der Waals surface area contributed by atoms with Crippen LogP contribution in [0.5, 0.6) is 0 Å². The van der Waals surface area contributed by atoms with Crippen molar-refractivity contribution in [1.29, 1.82) is 0 Å². The van der Waals surface area contributed by atoms with E-state index in [9.17, 15) is 13.2 Å². The maximum absolute atomic E-state index is 12.7. The molecule has 0 aromatic carbocycles. The molecule has 0 unspecified atom stereocenters. The molecule has 2 atom stereocenters. The van der Waals surface area contributed by atoms with Crippen LogP contribution in [0.25, 0.3) is 0 Å². The van der Waals surface area contributed by atoms with E-state index < -0.39 is 11.7 Å². The van der Waals surface area contributed by atoms with E-state index in [1.165, 1.54) is 0 Å². The molecule has 1 saturated heterocycles. The highest BCUT2D eigenvalue weighted by Gasteiger charge is 2.33. The summed E-state index contributed by atoms with van der Waals surface area (Å²) in [7, 11) is 0. The van der Waals surface area contributed by atoms with Crippen molar-refractivity contribution in [2.75, 3.05) is 23.7 Å². The smallest absolute Gasteiger partial charge is 0.384 e. The highest BCUT2D eigenvalue weighted by atomic mass is 19.4. The number of aromatic nitrogens is 1. The van der Waals surface area contributed by atoms with Gasteiger partial charge < -0.3 is 15.4 Å². The molecule has 1 aliphatic heterocycles. The van der Waals surface area contributed by atoms with Gasteiger partial charge in [-0.05, 0) is 26.0 Å². The summed E-state index contributed by atoms with van der Waals surface area (Å²) in [5.74, 6) is 0.117. The van der Waals surface area contributed by atoms with Crippen LogP contribution < -0.4 is 10.6 Å². The van der Waals surface area contributed by atoms with Crippen molar-refractivity contribution in [1.82, 2.24) is 4.98 Å². The van der Waals surface area contributed by atoms with Crippen LogP contribution >= 0.6 is 0 Å². The third kappa shape index (κ3) is 3.28. The highest BCUT2D eigenvalue weighted by Crippen LogP contribution is 2.32. The van der Waals surface area contributed by atoms with Crippen LogP contribution in [0.15, 0.2) is 12.1 Å². The first-order chi connectivity index (χ1) is 8.75. The van der Waals surface area contributed by atoms with Gasteiger partial charge in [-0.15, -0.1) is 0 Å². The lowest BCUT2D eigenvalue weighted by molar-refractivity contribution is -0.137. The van der Waals surface area contributed by atoms with Crippen molar-refractivity contribution in [3.8, 4) is 0 Å². The second kappa shape index (κ2) is 4.88. The number of hydrogen-bond donors (Lipinski definition) is 1. The highest BCUT2D eigenvalue weighted by molar-refractivity contribution is 5.49. The molecule has 19 heavy (non-hydrogen) atoms. The third-order valence-corrected chi connectivity index (χ3v) is 2.90. The van der Waals surface area contributed by atoms with Gasteiger partial charge in [-0.3, -0.25) is 0 Å². The Labute approximate surface area is 109 Å². The lowest BCUT2D eigenvalue weighted by Gasteiger charge is -2.36. The molecule has 4 nitrogen and oxygen atoms in total. The summed E-state index contributed by atoms with van der Waals surface area (Å²) in [6.07, 6.45) is -4.53. The van der Waals surface area contributed by atoms with Gasteiger partial charge in [0, 0.05) is 13.1 Å². The van der Waals surface area contributed by atoms with E-state index in [0.717, 1.165) is 12.1 Å². The minimum Gasteiger partial charge on any atom is -0.384 e. The number of hydrogen-bond acceptors (Lipinski definition) is 4. The fourth-order valence-corrected chi connectivity index (χ4v) is 2.23. The number of morpholine rings is 1. The topological polar surface area (TPSA) is 51.4 Å². The lowest BCUT2D eigenvalue weighted by atomic mass is 10.2.